The lowest BCUT2D eigenvalue weighted by Gasteiger charge is -2.48. The highest BCUT2D eigenvalue weighted by Gasteiger charge is 2.85. The molecule has 2 heterocycles. The Morgan fingerprint density at radius 3 is 1.81 bits per heavy atom. The van der Waals surface area contributed by atoms with Crippen molar-refractivity contribution in [3.8, 4) is 0 Å². The number of carbonyl (C=O) groups is 4. The number of aliphatic hydroxyl groups is 2. The van der Waals surface area contributed by atoms with E-state index < -0.39 is 59.2 Å². The molecule has 8 unspecified atom stereocenters. The van der Waals surface area contributed by atoms with E-state index in [1.165, 1.54) is 11.1 Å². The maximum atomic E-state index is 13.1. The number of aryl methyl sites for hydroxylation is 2. The minimum atomic E-state index is -3.80. The van der Waals surface area contributed by atoms with Crippen molar-refractivity contribution in [3.63, 3.8) is 0 Å². The summed E-state index contributed by atoms with van der Waals surface area (Å²) < 4.78 is 16.6. The van der Waals surface area contributed by atoms with E-state index in [0.29, 0.717) is 0 Å². The van der Waals surface area contributed by atoms with Crippen molar-refractivity contribution in [2.45, 2.75) is 113 Å². The van der Waals surface area contributed by atoms with Gasteiger partial charge >= 0.3 is 23.9 Å². The Morgan fingerprint density at radius 1 is 0.808 bits per heavy atom. The lowest BCUT2D eigenvalue weighted by Crippen LogP contribution is -2.78. The third-order valence-electron chi connectivity index (χ3n) is 9.90. The third kappa shape index (κ3) is 8.98. The zero-order valence-electron chi connectivity index (χ0n) is 29.6. The van der Waals surface area contributed by atoms with Gasteiger partial charge in [0, 0.05) is 12.8 Å². The zero-order chi connectivity index (χ0) is 37.9. The number of rotatable bonds is 20. The molecule has 2 aliphatic rings. The fourth-order valence-electron chi connectivity index (χ4n) is 7.03. The van der Waals surface area contributed by atoms with Crippen LogP contribution in [0.4, 0.5) is 0 Å². The van der Waals surface area contributed by atoms with Gasteiger partial charge in [0.25, 0.3) is 0 Å². The molecule has 12 nitrogen and oxygen atoms in total. The Morgan fingerprint density at radius 2 is 1.33 bits per heavy atom. The predicted molar refractivity (Wildman–Crippen MR) is 189 cm³/mol. The van der Waals surface area contributed by atoms with E-state index in [-0.39, 0.29) is 37.5 Å². The molecule has 2 aromatic rings. The second-order valence-electron chi connectivity index (χ2n) is 13.9. The number of benzene rings is 2. The van der Waals surface area contributed by atoms with Gasteiger partial charge in [-0.1, -0.05) is 98.8 Å². The summed E-state index contributed by atoms with van der Waals surface area (Å²) in [6, 6.07) is 20.1. The molecule has 0 spiro atoms. The second-order valence-corrected chi connectivity index (χ2v) is 13.9. The van der Waals surface area contributed by atoms with Crippen molar-refractivity contribution >= 4 is 23.9 Å². The number of ether oxygens (including phenoxy) is 3. The Kier molecular flexibility index (Phi) is 13.9. The van der Waals surface area contributed by atoms with Gasteiger partial charge in [0.1, 0.15) is 6.10 Å². The first-order valence-electron chi connectivity index (χ1n) is 17.9. The van der Waals surface area contributed by atoms with Gasteiger partial charge < -0.3 is 39.7 Å². The van der Waals surface area contributed by atoms with Crippen LogP contribution in [0.25, 0.3) is 0 Å². The van der Waals surface area contributed by atoms with Crippen LogP contribution >= 0.6 is 0 Å². The van der Waals surface area contributed by atoms with Crippen molar-refractivity contribution in [2.24, 2.45) is 11.8 Å². The molecule has 2 aliphatic heterocycles. The van der Waals surface area contributed by atoms with Gasteiger partial charge in [0.15, 0.2) is 6.10 Å². The van der Waals surface area contributed by atoms with Crippen LogP contribution in [-0.4, -0.2) is 84.7 Å². The molecule has 5 N–H and O–H groups in total. The number of allylic oxidation sites excluding steroid dienone is 4. The van der Waals surface area contributed by atoms with Crippen LogP contribution in [0, 0.1) is 11.8 Å². The molecule has 2 saturated heterocycles. The Hall–Kier alpha value is -4.36. The van der Waals surface area contributed by atoms with E-state index in [1.54, 1.807) is 12.2 Å². The number of aliphatic hydroxyl groups excluding tert-OH is 1. The van der Waals surface area contributed by atoms with Gasteiger partial charge in [-0.2, -0.15) is 0 Å². The van der Waals surface area contributed by atoms with E-state index in [2.05, 4.69) is 24.3 Å². The molecule has 0 aliphatic carbocycles. The summed E-state index contributed by atoms with van der Waals surface area (Å²) in [5.74, 6) is -9.55. The predicted octanol–water partition coefficient (Wildman–Crippen LogP) is 5.10. The maximum Gasteiger partial charge on any atom is 0.344 e. The molecule has 0 saturated carbocycles. The smallest absolute Gasteiger partial charge is 0.344 e. The average Bonchev–Trinajstić information content (AvgIpc) is 3.32. The van der Waals surface area contributed by atoms with Crippen LogP contribution in [-0.2, 0) is 46.2 Å². The summed E-state index contributed by atoms with van der Waals surface area (Å²) in [4.78, 5) is 50.8. The molecule has 0 amide bonds. The summed E-state index contributed by atoms with van der Waals surface area (Å²) in [5, 5.41) is 53.3. The number of esters is 1. The minimum Gasteiger partial charge on any atom is -0.479 e. The van der Waals surface area contributed by atoms with E-state index in [4.69, 9.17) is 14.2 Å². The van der Waals surface area contributed by atoms with Crippen molar-refractivity contribution in [1.29, 1.82) is 0 Å². The summed E-state index contributed by atoms with van der Waals surface area (Å²) in [5.41, 5.74) is -4.75. The van der Waals surface area contributed by atoms with Crippen LogP contribution in [0.1, 0.15) is 76.3 Å². The van der Waals surface area contributed by atoms with Crippen LogP contribution in [0.5, 0.6) is 0 Å². The summed E-state index contributed by atoms with van der Waals surface area (Å²) in [7, 11) is 0. The first-order chi connectivity index (χ1) is 24.8. The molecule has 2 fully saturated rings. The van der Waals surface area contributed by atoms with E-state index >= 15 is 0 Å². The first kappa shape index (κ1) is 40.4. The molecule has 2 bridgehead atoms. The van der Waals surface area contributed by atoms with E-state index in [1.807, 2.05) is 62.4 Å². The van der Waals surface area contributed by atoms with E-state index in [9.17, 15) is 44.7 Å². The van der Waals surface area contributed by atoms with Gasteiger partial charge in [-0.05, 0) is 74.3 Å². The molecule has 0 aromatic heterocycles. The molecule has 4 rings (SSSR count). The highest BCUT2D eigenvalue weighted by atomic mass is 16.8. The summed E-state index contributed by atoms with van der Waals surface area (Å²) >= 11 is 0. The van der Waals surface area contributed by atoms with Crippen molar-refractivity contribution in [3.05, 3.63) is 96.1 Å². The quantitative estimate of drug-likeness (QED) is 0.0897. The Balaban J connectivity index is 1.43. The largest absolute Gasteiger partial charge is 0.479 e. The highest BCUT2D eigenvalue weighted by molar-refractivity contribution is 5.98. The first-order valence-corrected chi connectivity index (χ1v) is 17.9. The lowest BCUT2D eigenvalue weighted by molar-refractivity contribution is -0.373. The molecule has 52 heavy (non-hydrogen) atoms. The number of fused-ring (bicyclic) bond motifs is 2. The zero-order valence-corrected chi connectivity index (χ0v) is 29.6. The molecule has 12 heteroatoms. The van der Waals surface area contributed by atoms with Crippen LogP contribution in [0.2, 0.25) is 0 Å². The molecule has 8 atom stereocenters. The number of hydrogen-bond acceptors (Lipinski definition) is 9. The van der Waals surface area contributed by atoms with Crippen molar-refractivity contribution in [2.75, 3.05) is 0 Å². The molecular weight excluding hydrogens is 672 g/mol. The molecule has 2 aromatic carbocycles. The Labute approximate surface area is 303 Å². The maximum absolute atomic E-state index is 13.1. The van der Waals surface area contributed by atoms with Crippen molar-refractivity contribution < 1.29 is 58.9 Å². The van der Waals surface area contributed by atoms with Gasteiger partial charge in [-0.15, -0.1) is 0 Å². The molecule has 282 valence electrons. The fourth-order valence-corrected chi connectivity index (χ4v) is 7.03. The summed E-state index contributed by atoms with van der Waals surface area (Å²) in [6.07, 6.45) is 5.33. The van der Waals surface area contributed by atoms with Crippen LogP contribution < -0.4 is 0 Å². The minimum absolute atomic E-state index is 0.0859. The Bertz CT molecular complexity index is 1580. The SMILES string of the molecule is CC(/C=C\CCC(=O)OC1C(O)C2(CC/C=C/C(C)CCCc3ccccc3)OC(C(=O)O)C(O)(C(=O)O)C1(C(=O)O)O2)CCCc1ccccc1. The topological polar surface area (TPSA) is 197 Å². The summed E-state index contributed by atoms with van der Waals surface area (Å²) in [6.45, 7) is 4.05. The lowest BCUT2D eigenvalue weighted by atomic mass is 9.74. The monoisotopic (exact) mass is 722 g/mol. The van der Waals surface area contributed by atoms with Crippen LogP contribution in [0.3, 0.4) is 0 Å². The average molecular weight is 723 g/mol. The van der Waals surface area contributed by atoms with Gasteiger partial charge in [0.05, 0.1) is 0 Å². The highest BCUT2D eigenvalue weighted by Crippen LogP contribution is 2.55. The number of aliphatic carboxylic acids is 3. The number of carboxylic acids is 3. The molecular formula is C40H50O12. The van der Waals surface area contributed by atoms with Gasteiger partial charge in [-0.25, -0.2) is 14.4 Å². The number of hydrogen-bond donors (Lipinski definition) is 5. The van der Waals surface area contributed by atoms with E-state index in [0.717, 1.165) is 38.5 Å². The number of carboxylic acid groups (broad SMARTS) is 3. The van der Waals surface area contributed by atoms with Crippen LogP contribution in [0.15, 0.2) is 85.0 Å². The van der Waals surface area contributed by atoms with Gasteiger partial charge in [-0.3, -0.25) is 4.79 Å². The fraction of sp³-hybridized carbons (Fsp3) is 0.500. The molecule has 0 radical (unpaired) electrons. The second kappa shape index (κ2) is 17.9. The standard InChI is InChI=1S/C40H50O12/c1-27(17-13-23-29-19-5-3-6-20-29)15-9-10-25-31(41)50-33-32(42)38(26-12-11-16-28(2)18-14-24-30-21-7-4-8-22-30)51-34(35(43)44)39(49,36(45)46)40(33,52-38)37(47)48/h3-9,11,15-16,19-22,27-28,32-34,42,49H,10,12-14,17-18,23-26H2,1-2H3,(H,43,44)(H,45,46)(H,47,48)/b15-9-,16-11+. The third-order valence-corrected chi connectivity index (χ3v) is 9.90. The normalized spacial score (nSPS) is 28.1. The number of carbonyl (C=O) groups excluding carboxylic acids is 1. The van der Waals surface area contributed by atoms with Crippen molar-refractivity contribution in [1.82, 2.24) is 0 Å². The van der Waals surface area contributed by atoms with Gasteiger partial charge in [0.2, 0.25) is 23.1 Å².